The topological polar surface area (TPSA) is 47.6 Å². The lowest BCUT2D eigenvalue weighted by atomic mass is 10.0. The Hall–Kier alpha value is -0.810. The molecule has 0 saturated heterocycles. The molecule has 0 aromatic heterocycles. The Morgan fingerprint density at radius 1 is 0.812 bits per heavy atom. The van der Waals surface area contributed by atoms with Crippen molar-refractivity contribution in [2.24, 2.45) is 0 Å². The SMILES string of the molecule is CCCCCCCCCCCCCCCCCNC(=O)OCC(C[CH]C[N+](C)(C)C)OC. The van der Waals surface area contributed by atoms with Crippen LogP contribution in [0.15, 0.2) is 0 Å². The van der Waals surface area contributed by atoms with Crippen LogP contribution in [0.1, 0.15) is 110 Å². The van der Waals surface area contributed by atoms with Crippen LogP contribution in [0.25, 0.3) is 0 Å². The molecule has 5 nitrogen and oxygen atoms in total. The maximum atomic E-state index is 11.8. The van der Waals surface area contributed by atoms with Crippen LogP contribution < -0.4 is 5.32 Å². The number of rotatable bonds is 23. The summed E-state index contributed by atoms with van der Waals surface area (Å²) in [5.41, 5.74) is 0. The van der Waals surface area contributed by atoms with Crippen LogP contribution in [-0.4, -0.2) is 64.6 Å². The minimum absolute atomic E-state index is 0.0712. The van der Waals surface area contributed by atoms with Gasteiger partial charge in [-0.1, -0.05) is 96.8 Å². The number of carbonyl (C=O) groups is 1. The lowest BCUT2D eigenvalue weighted by Crippen LogP contribution is -2.36. The molecule has 0 fully saturated rings. The van der Waals surface area contributed by atoms with Crippen molar-refractivity contribution in [1.82, 2.24) is 5.32 Å². The van der Waals surface area contributed by atoms with Crippen molar-refractivity contribution in [3.05, 3.63) is 6.42 Å². The number of nitrogens with zero attached hydrogens (tertiary/aromatic N) is 1. The van der Waals surface area contributed by atoms with Gasteiger partial charge in [-0.25, -0.2) is 4.79 Å². The van der Waals surface area contributed by atoms with Crippen molar-refractivity contribution in [1.29, 1.82) is 0 Å². The Morgan fingerprint density at radius 3 is 1.72 bits per heavy atom. The van der Waals surface area contributed by atoms with Crippen LogP contribution in [0.5, 0.6) is 0 Å². The van der Waals surface area contributed by atoms with Gasteiger partial charge in [0.05, 0.1) is 33.8 Å². The Labute approximate surface area is 200 Å². The first kappa shape index (κ1) is 31.2. The molecule has 0 aromatic carbocycles. The third-order valence-electron chi connectivity index (χ3n) is 5.89. The van der Waals surface area contributed by atoms with Gasteiger partial charge in [0.2, 0.25) is 0 Å². The van der Waals surface area contributed by atoms with Crippen LogP contribution in [0.4, 0.5) is 4.79 Å². The van der Waals surface area contributed by atoms with Gasteiger partial charge in [-0.3, -0.25) is 0 Å². The number of hydrogen-bond acceptors (Lipinski definition) is 3. The van der Waals surface area contributed by atoms with Gasteiger partial charge in [0.25, 0.3) is 0 Å². The third-order valence-corrected chi connectivity index (χ3v) is 5.89. The number of ether oxygens (including phenoxy) is 2. The van der Waals surface area contributed by atoms with E-state index in [1.807, 2.05) is 0 Å². The Morgan fingerprint density at radius 2 is 1.28 bits per heavy atom. The second kappa shape index (κ2) is 22.0. The molecule has 1 atom stereocenters. The predicted octanol–water partition coefficient (Wildman–Crippen LogP) is 6.90. The van der Waals surface area contributed by atoms with Crippen LogP contribution in [0.2, 0.25) is 0 Å². The van der Waals surface area contributed by atoms with E-state index in [2.05, 4.69) is 39.8 Å². The maximum Gasteiger partial charge on any atom is 0.407 e. The summed E-state index contributed by atoms with van der Waals surface area (Å²) in [6, 6.07) is 0. The zero-order chi connectivity index (χ0) is 23.9. The fourth-order valence-corrected chi connectivity index (χ4v) is 3.79. The molecule has 0 aliphatic carbocycles. The van der Waals surface area contributed by atoms with Crippen molar-refractivity contribution in [3.8, 4) is 0 Å². The normalized spacial score (nSPS) is 12.7. The van der Waals surface area contributed by atoms with Gasteiger partial charge < -0.3 is 19.3 Å². The second-order valence-electron chi connectivity index (χ2n) is 10.3. The highest BCUT2D eigenvalue weighted by atomic mass is 16.6. The number of quaternary nitrogens is 1. The molecule has 0 rings (SSSR count). The predicted molar refractivity (Wildman–Crippen MR) is 137 cm³/mol. The van der Waals surface area contributed by atoms with Gasteiger partial charge in [0, 0.05) is 20.1 Å². The lowest BCUT2D eigenvalue weighted by Gasteiger charge is -2.24. The molecule has 32 heavy (non-hydrogen) atoms. The Bertz CT molecular complexity index is 410. The largest absolute Gasteiger partial charge is 0.447 e. The van der Waals surface area contributed by atoms with Crippen LogP contribution >= 0.6 is 0 Å². The van der Waals surface area contributed by atoms with Gasteiger partial charge in [0.15, 0.2) is 0 Å². The molecule has 0 saturated carbocycles. The van der Waals surface area contributed by atoms with Gasteiger partial charge in [-0.15, -0.1) is 0 Å². The van der Waals surface area contributed by atoms with Crippen LogP contribution in [-0.2, 0) is 9.47 Å². The van der Waals surface area contributed by atoms with E-state index in [1.54, 1.807) is 7.11 Å². The fraction of sp³-hybridized carbons (Fsp3) is 0.926. The molecular formula is C27H56N2O3+. The number of hydrogen-bond donors (Lipinski definition) is 1. The Balaban J connectivity index is 3.38. The average molecular weight is 457 g/mol. The quantitative estimate of drug-likeness (QED) is 0.134. The zero-order valence-corrected chi connectivity index (χ0v) is 22.3. The monoisotopic (exact) mass is 456 g/mol. The first-order valence-electron chi connectivity index (χ1n) is 13.4. The lowest BCUT2D eigenvalue weighted by molar-refractivity contribution is -0.866. The minimum atomic E-state index is -0.330. The van der Waals surface area contributed by atoms with Crippen LogP contribution in [0.3, 0.4) is 0 Å². The van der Waals surface area contributed by atoms with Crippen molar-refractivity contribution in [2.45, 2.75) is 116 Å². The van der Waals surface area contributed by atoms with E-state index >= 15 is 0 Å². The summed E-state index contributed by atoms with van der Waals surface area (Å²) < 4.78 is 11.6. The summed E-state index contributed by atoms with van der Waals surface area (Å²) in [6.45, 7) is 4.24. The smallest absolute Gasteiger partial charge is 0.407 e. The molecule has 191 valence electrons. The van der Waals surface area contributed by atoms with Gasteiger partial charge in [-0.05, 0) is 12.8 Å². The summed E-state index contributed by atoms with van der Waals surface area (Å²) in [4.78, 5) is 11.8. The van der Waals surface area contributed by atoms with E-state index in [4.69, 9.17) is 9.47 Å². The molecule has 0 aromatic rings. The molecule has 0 aliphatic heterocycles. The number of nitrogens with one attached hydrogen (secondary N) is 1. The Kier molecular flexibility index (Phi) is 21.4. The molecular weight excluding hydrogens is 400 g/mol. The summed E-state index contributed by atoms with van der Waals surface area (Å²) in [5, 5.41) is 2.86. The molecule has 0 heterocycles. The molecule has 0 bridgehead atoms. The van der Waals surface area contributed by atoms with Gasteiger partial charge in [0.1, 0.15) is 6.61 Å². The fourth-order valence-electron chi connectivity index (χ4n) is 3.79. The van der Waals surface area contributed by atoms with Crippen molar-refractivity contribution in [2.75, 3.05) is 47.9 Å². The van der Waals surface area contributed by atoms with E-state index in [9.17, 15) is 4.79 Å². The highest BCUT2D eigenvalue weighted by molar-refractivity contribution is 5.67. The number of alkyl carbamates (subject to hydrolysis) is 1. The second-order valence-corrected chi connectivity index (χ2v) is 10.3. The van der Waals surface area contributed by atoms with Crippen molar-refractivity contribution >= 4 is 6.09 Å². The molecule has 1 radical (unpaired) electrons. The van der Waals surface area contributed by atoms with E-state index in [0.29, 0.717) is 13.2 Å². The number of carbonyl (C=O) groups excluding carboxylic acids is 1. The van der Waals surface area contributed by atoms with E-state index in [1.165, 1.54) is 89.9 Å². The standard InChI is InChI=1S/C27H55N2O3/c1-6-7-8-9-10-11-12-13-14-15-16-17-18-19-20-23-28-27(30)32-25-26(31-5)22-21-24-29(2,3)4/h21,26H,6-20,22-25H2,1-5H3/p+1. The summed E-state index contributed by atoms with van der Waals surface area (Å²) in [6.07, 6.45) is 22.8. The van der Waals surface area contributed by atoms with Crippen molar-refractivity contribution in [3.63, 3.8) is 0 Å². The highest BCUT2D eigenvalue weighted by Gasteiger charge is 2.14. The summed E-state index contributed by atoms with van der Waals surface area (Å²) >= 11 is 0. The van der Waals surface area contributed by atoms with Gasteiger partial charge in [-0.2, -0.15) is 0 Å². The first-order valence-corrected chi connectivity index (χ1v) is 13.4. The molecule has 0 spiro atoms. The zero-order valence-electron chi connectivity index (χ0n) is 22.3. The molecule has 0 aliphatic rings. The third kappa shape index (κ3) is 23.8. The molecule has 5 heteroatoms. The average Bonchev–Trinajstić information content (AvgIpc) is 2.75. The first-order chi connectivity index (χ1) is 15.4. The highest BCUT2D eigenvalue weighted by Crippen LogP contribution is 2.13. The maximum absolute atomic E-state index is 11.8. The minimum Gasteiger partial charge on any atom is -0.447 e. The van der Waals surface area contributed by atoms with E-state index in [0.717, 1.165) is 23.9 Å². The van der Waals surface area contributed by atoms with E-state index < -0.39 is 0 Å². The number of methoxy groups -OCH3 is 1. The molecule has 1 N–H and O–H groups in total. The summed E-state index contributed by atoms with van der Waals surface area (Å²) in [5.74, 6) is 0. The van der Waals surface area contributed by atoms with Gasteiger partial charge >= 0.3 is 6.09 Å². The molecule has 1 amide bonds. The van der Waals surface area contributed by atoms with E-state index in [-0.39, 0.29) is 12.2 Å². The summed E-state index contributed by atoms with van der Waals surface area (Å²) in [7, 11) is 8.13. The number of unbranched alkanes of at least 4 members (excludes halogenated alkanes) is 14. The number of amides is 1. The molecule has 1 unspecified atom stereocenters. The van der Waals surface area contributed by atoms with Crippen molar-refractivity contribution < 1.29 is 18.8 Å². The van der Waals surface area contributed by atoms with Crippen LogP contribution in [0, 0.1) is 6.42 Å².